The summed E-state index contributed by atoms with van der Waals surface area (Å²) in [4.78, 5) is 25.8. The van der Waals surface area contributed by atoms with Crippen LogP contribution >= 0.6 is 0 Å². The average molecular weight is 417 g/mol. The number of ether oxygens (including phenoxy) is 1. The Bertz CT molecular complexity index is 1280. The van der Waals surface area contributed by atoms with Crippen molar-refractivity contribution in [2.24, 2.45) is 0 Å². The standard InChI is InChI=1S/C23H23N5O3/c1-15(17-9-11-19(31-3)12-10-17)25-21(29)14-27-23(30)22-20(16(2)26-27)13-24-28(22)18-7-5-4-6-8-18/h4-13,15H,14H2,1-3H3,(H,25,29)/t15-/m0/s1. The Hall–Kier alpha value is -3.94. The molecule has 4 rings (SSSR count). The number of para-hydroxylation sites is 1. The van der Waals surface area contributed by atoms with Gasteiger partial charge in [0, 0.05) is 5.39 Å². The van der Waals surface area contributed by atoms with Crippen LogP contribution in [0.3, 0.4) is 0 Å². The third kappa shape index (κ3) is 4.05. The lowest BCUT2D eigenvalue weighted by molar-refractivity contribution is -0.122. The molecule has 0 aliphatic heterocycles. The lowest BCUT2D eigenvalue weighted by atomic mass is 10.1. The number of fused-ring (bicyclic) bond motifs is 1. The molecule has 0 spiro atoms. The number of benzene rings is 2. The van der Waals surface area contributed by atoms with Gasteiger partial charge < -0.3 is 10.1 Å². The van der Waals surface area contributed by atoms with Gasteiger partial charge in [-0.2, -0.15) is 10.2 Å². The Labute approximate surface area is 179 Å². The molecule has 0 bridgehead atoms. The van der Waals surface area contributed by atoms with Crippen LogP contribution in [0.4, 0.5) is 0 Å². The van der Waals surface area contributed by atoms with Crippen LogP contribution in [0.1, 0.15) is 24.2 Å². The summed E-state index contributed by atoms with van der Waals surface area (Å²) in [5.41, 5.74) is 2.37. The molecule has 4 aromatic rings. The number of aryl methyl sites for hydroxylation is 1. The third-order valence-corrected chi connectivity index (χ3v) is 5.15. The summed E-state index contributed by atoms with van der Waals surface area (Å²) in [7, 11) is 1.60. The van der Waals surface area contributed by atoms with Gasteiger partial charge in [0.1, 0.15) is 17.8 Å². The second-order valence-electron chi connectivity index (χ2n) is 7.26. The molecule has 0 unspecified atom stereocenters. The highest BCUT2D eigenvalue weighted by molar-refractivity contribution is 5.82. The second kappa shape index (κ2) is 8.43. The van der Waals surface area contributed by atoms with Gasteiger partial charge in [-0.25, -0.2) is 9.36 Å². The van der Waals surface area contributed by atoms with Gasteiger partial charge in [-0.1, -0.05) is 30.3 Å². The van der Waals surface area contributed by atoms with Crippen LogP contribution in [0.5, 0.6) is 5.75 Å². The number of methoxy groups -OCH3 is 1. The minimum Gasteiger partial charge on any atom is -0.497 e. The smallest absolute Gasteiger partial charge is 0.293 e. The summed E-state index contributed by atoms with van der Waals surface area (Å²) in [6, 6.07) is 16.6. The monoisotopic (exact) mass is 417 g/mol. The van der Waals surface area contributed by atoms with Crippen LogP contribution in [0.25, 0.3) is 16.6 Å². The van der Waals surface area contributed by atoms with Crippen LogP contribution in [0.15, 0.2) is 65.6 Å². The lowest BCUT2D eigenvalue weighted by Crippen LogP contribution is -2.35. The van der Waals surface area contributed by atoms with Gasteiger partial charge in [-0.15, -0.1) is 0 Å². The van der Waals surface area contributed by atoms with Gasteiger partial charge in [0.2, 0.25) is 5.91 Å². The van der Waals surface area contributed by atoms with Crippen molar-refractivity contribution in [3.8, 4) is 11.4 Å². The van der Waals surface area contributed by atoms with Gasteiger partial charge in [-0.3, -0.25) is 9.59 Å². The number of rotatable bonds is 6. The number of nitrogens with zero attached hydrogens (tertiary/aromatic N) is 4. The molecule has 1 N–H and O–H groups in total. The van der Waals surface area contributed by atoms with E-state index < -0.39 is 0 Å². The molecule has 2 aromatic carbocycles. The van der Waals surface area contributed by atoms with Crippen molar-refractivity contribution in [1.82, 2.24) is 24.9 Å². The molecular formula is C23H23N5O3. The van der Waals surface area contributed by atoms with Crippen molar-refractivity contribution in [2.75, 3.05) is 7.11 Å². The van der Waals surface area contributed by atoms with E-state index in [0.717, 1.165) is 17.0 Å². The minimum atomic E-state index is -0.366. The average Bonchev–Trinajstić information content (AvgIpc) is 3.24. The van der Waals surface area contributed by atoms with Gasteiger partial charge in [0.15, 0.2) is 0 Å². The molecular weight excluding hydrogens is 394 g/mol. The Morgan fingerprint density at radius 2 is 1.84 bits per heavy atom. The van der Waals surface area contributed by atoms with E-state index in [1.165, 1.54) is 4.68 Å². The summed E-state index contributed by atoms with van der Waals surface area (Å²) < 4.78 is 7.94. The lowest BCUT2D eigenvalue weighted by Gasteiger charge is -2.15. The molecule has 1 amide bonds. The molecule has 0 aliphatic rings. The highest BCUT2D eigenvalue weighted by Gasteiger charge is 2.17. The van der Waals surface area contributed by atoms with E-state index >= 15 is 0 Å². The van der Waals surface area contributed by atoms with Crippen LogP contribution in [0.2, 0.25) is 0 Å². The maximum Gasteiger partial charge on any atom is 0.293 e. The first kappa shape index (κ1) is 20.3. The second-order valence-corrected chi connectivity index (χ2v) is 7.26. The maximum atomic E-state index is 13.1. The summed E-state index contributed by atoms with van der Waals surface area (Å²) in [5.74, 6) is 0.444. The topological polar surface area (TPSA) is 91.0 Å². The maximum absolute atomic E-state index is 13.1. The van der Waals surface area contributed by atoms with Crippen molar-refractivity contribution in [2.45, 2.75) is 26.4 Å². The van der Waals surface area contributed by atoms with Crippen molar-refractivity contribution >= 4 is 16.8 Å². The number of aromatic nitrogens is 4. The first-order chi connectivity index (χ1) is 15.0. The highest BCUT2D eigenvalue weighted by Crippen LogP contribution is 2.18. The number of carbonyl (C=O) groups is 1. The molecule has 2 heterocycles. The van der Waals surface area contributed by atoms with E-state index in [1.807, 2.05) is 61.5 Å². The number of carbonyl (C=O) groups excluding carboxylic acids is 1. The quantitative estimate of drug-likeness (QED) is 0.521. The molecule has 0 fully saturated rings. The first-order valence-corrected chi connectivity index (χ1v) is 9.92. The molecule has 8 heteroatoms. The molecule has 8 nitrogen and oxygen atoms in total. The normalized spacial score (nSPS) is 12.0. The Morgan fingerprint density at radius 3 is 2.52 bits per heavy atom. The summed E-state index contributed by atoms with van der Waals surface area (Å²) >= 11 is 0. The third-order valence-electron chi connectivity index (χ3n) is 5.15. The fourth-order valence-electron chi connectivity index (χ4n) is 3.49. The zero-order valence-electron chi connectivity index (χ0n) is 17.6. The van der Waals surface area contributed by atoms with Crippen LogP contribution in [-0.2, 0) is 11.3 Å². The van der Waals surface area contributed by atoms with E-state index in [9.17, 15) is 9.59 Å². The van der Waals surface area contributed by atoms with Gasteiger partial charge in [0.05, 0.1) is 30.7 Å². The number of amides is 1. The van der Waals surface area contributed by atoms with Crippen LogP contribution < -0.4 is 15.6 Å². The summed E-state index contributed by atoms with van der Waals surface area (Å²) in [5, 5.41) is 12.3. The fraction of sp³-hybridized carbons (Fsp3) is 0.217. The molecule has 31 heavy (non-hydrogen) atoms. The van der Waals surface area contributed by atoms with Crippen LogP contribution in [0, 0.1) is 6.92 Å². The molecule has 158 valence electrons. The Kier molecular flexibility index (Phi) is 5.53. The van der Waals surface area contributed by atoms with Gasteiger partial charge >= 0.3 is 0 Å². The fourth-order valence-corrected chi connectivity index (χ4v) is 3.49. The molecule has 2 aromatic heterocycles. The number of hydrogen-bond acceptors (Lipinski definition) is 5. The SMILES string of the molecule is COc1ccc([C@H](C)NC(=O)Cn2nc(C)c3cnn(-c4ccccc4)c3c2=O)cc1. The van der Waals surface area contributed by atoms with Gasteiger partial charge in [-0.05, 0) is 43.7 Å². The number of hydrogen-bond donors (Lipinski definition) is 1. The summed E-state index contributed by atoms with van der Waals surface area (Å²) in [6.07, 6.45) is 1.63. The van der Waals surface area contributed by atoms with E-state index in [0.29, 0.717) is 16.6 Å². The Balaban J connectivity index is 1.60. The van der Waals surface area contributed by atoms with Crippen molar-refractivity contribution in [1.29, 1.82) is 0 Å². The highest BCUT2D eigenvalue weighted by atomic mass is 16.5. The van der Waals surface area contributed by atoms with E-state index in [1.54, 1.807) is 24.9 Å². The molecule has 0 saturated carbocycles. The number of nitrogens with one attached hydrogen (secondary N) is 1. The predicted octanol–water partition coefficient (Wildman–Crippen LogP) is 2.78. The molecule has 1 atom stereocenters. The largest absolute Gasteiger partial charge is 0.497 e. The predicted molar refractivity (Wildman–Crippen MR) is 117 cm³/mol. The van der Waals surface area contributed by atoms with Crippen molar-refractivity contribution in [3.05, 3.63) is 82.4 Å². The zero-order valence-corrected chi connectivity index (χ0v) is 17.6. The van der Waals surface area contributed by atoms with Crippen LogP contribution in [-0.4, -0.2) is 32.6 Å². The van der Waals surface area contributed by atoms with Gasteiger partial charge in [0.25, 0.3) is 5.56 Å². The summed E-state index contributed by atoms with van der Waals surface area (Å²) in [6.45, 7) is 3.50. The van der Waals surface area contributed by atoms with Crippen molar-refractivity contribution < 1.29 is 9.53 Å². The molecule has 0 aliphatic carbocycles. The van der Waals surface area contributed by atoms with E-state index in [4.69, 9.17) is 4.74 Å². The molecule has 0 radical (unpaired) electrons. The zero-order chi connectivity index (χ0) is 22.0. The Morgan fingerprint density at radius 1 is 1.13 bits per heavy atom. The minimum absolute atomic E-state index is 0.184. The van der Waals surface area contributed by atoms with Crippen molar-refractivity contribution in [3.63, 3.8) is 0 Å². The van der Waals surface area contributed by atoms with E-state index in [2.05, 4.69) is 15.5 Å². The molecule has 0 saturated heterocycles. The van der Waals surface area contributed by atoms with E-state index in [-0.39, 0.29) is 24.1 Å². The first-order valence-electron chi connectivity index (χ1n) is 9.92.